The lowest BCUT2D eigenvalue weighted by molar-refractivity contribution is -0.137. The minimum Gasteiger partial charge on any atom is -0.369 e. The van der Waals surface area contributed by atoms with Gasteiger partial charge in [-0.2, -0.15) is 13.2 Å². The molecular weight excluding hydrogens is 331 g/mol. The van der Waals surface area contributed by atoms with E-state index in [1.54, 1.807) is 6.07 Å². The summed E-state index contributed by atoms with van der Waals surface area (Å²) in [5, 5.41) is 0. The van der Waals surface area contributed by atoms with Crippen LogP contribution in [0.4, 0.5) is 18.9 Å². The molecule has 1 atom stereocenters. The highest BCUT2D eigenvalue weighted by molar-refractivity contribution is 5.84. The largest absolute Gasteiger partial charge is 0.416 e. The van der Waals surface area contributed by atoms with Crippen molar-refractivity contribution >= 4 is 11.6 Å². The number of carbonyl (C=O) groups excluding carboxylic acids is 1. The molecule has 2 aliphatic heterocycles. The highest BCUT2D eigenvalue weighted by Crippen LogP contribution is 2.34. The predicted octanol–water partition coefficient (Wildman–Crippen LogP) is 2.59. The number of alkyl halides is 3. The first kappa shape index (κ1) is 16.7. The lowest BCUT2D eigenvalue weighted by Gasteiger charge is -2.38. The first-order chi connectivity index (χ1) is 11.9. The van der Waals surface area contributed by atoms with Crippen LogP contribution in [-0.2, 0) is 11.0 Å². The average Bonchev–Trinajstić information content (AvgIpc) is 3.37. The van der Waals surface area contributed by atoms with E-state index < -0.39 is 11.7 Å². The van der Waals surface area contributed by atoms with E-state index in [2.05, 4.69) is 4.90 Å². The molecule has 25 heavy (non-hydrogen) atoms. The molecule has 0 radical (unpaired) electrons. The summed E-state index contributed by atoms with van der Waals surface area (Å²) in [6.07, 6.45) is -1.19. The van der Waals surface area contributed by atoms with Gasteiger partial charge in [0.05, 0.1) is 11.6 Å². The molecule has 0 aromatic heterocycles. The summed E-state index contributed by atoms with van der Waals surface area (Å²) >= 11 is 0. The van der Waals surface area contributed by atoms with Crippen molar-refractivity contribution in [3.8, 4) is 0 Å². The van der Waals surface area contributed by atoms with Crippen molar-refractivity contribution in [1.82, 2.24) is 9.80 Å². The number of rotatable bonds is 3. The summed E-state index contributed by atoms with van der Waals surface area (Å²) in [6.45, 7) is 3.57. The van der Waals surface area contributed by atoms with Crippen LogP contribution in [0.2, 0.25) is 0 Å². The van der Waals surface area contributed by atoms with Gasteiger partial charge >= 0.3 is 6.18 Å². The molecule has 0 N–H and O–H groups in total. The van der Waals surface area contributed by atoms with E-state index in [1.165, 1.54) is 12.1 Å². The Kier molecular flexibility index (Phi) is 4.14. The van der Waals surface area contributed by atoms with Gasteiger partial charge in [0.25, 0.3) is 0 Å². The van der Waals surface area contributed by atoms with Crippen LogP contribution in [0.3, 0.4) is 0 Å². The number of nitrogens with zero attached hydrogens (tertiary/aromatic N) is 3. The zero-order chi connectivity index (χ0) is 17.6. The molecule has 1 unspecified atom stereocenters. The number of halogens is 3. The van der Waals surface area contributed by atoms with E-state index in [0.29, 0.717) is 37.9 Å². The lowest BCUT2D eigenvalue weighted by atomic mass is 10.1. The lowest BCUT2D eigenvalue weighted by Crippen LogP contribution is -2.52. The van der Waals surface area contributed by atoms with Gasteiger partial charge in [-0.05, 0) is 37.5 Å². The second-order valence-electron chi connectivity index (χ2n) is 7.14. The SMILES string of the molecule is O=C1C(N2CCN(c3cccc(C(F)(F)F)c3)CC2)CCN1C1CC1. The van der Waals surface area contributed by atoms with Crippen LogP contribution in [0.25, 0.3) is 0 Å². The maximum absolute atomic E-state index is 12.9. The molecule has 0 bridgehead atoms. The minimum absolute atomic E-state index is 0.0377. The standard InChI is InChI=1S/C18H22F3N3O/c19-18(20,21)13-2-1-3-15(12-13)22-8-10-23(11-9-22)16-6-7-24(17(16)25)14-4-5-14/h1-3,12,14,16H,4-11H2. The molecule has 4 nitrogen and oxygen atoms in total. The molecule has 7 heteroatoms. The quantitative estimate of drug-likeness (QED) is 0.836. The number of anilines is 1. The Bertz CT molecular complexity index is 651. The number of benzene rings is 1. The van der Waals surface area contributed by atoms with E-state index in [4.69, 9.17) is 0 Å². The van der Waals surface area contributed by atoms with E-state index >= 15 is 0 Å². The Morgan fingerprint density at radius 1 is 0.960 bits per heavy atom. The monoisotopic (exact) mass is 353 g/mol. The first-order valence-electron chi connectivity index (χ1n) is 8.90. The first-order valence-corrected chi connectivity index (χ1v) is 8.90. The van der Waals surface area contributed by atoms with Crippen LogP contribution in [-0.4, -0.2) is 60.5 Å². The van der Waals surface area contributed by atoms with E-state index in [1.807, 2.05) is 9.80 Å². The number of hydrogen-bond donors (Lipinski definition) is 0. The van der Waals surface area contributed by atoms with Crippen LogP contribution < -0.4 is 4.90 Å². The minimum atomic E-state index is -4.32. The van der Waals surface area contributed by atoms with Crippen molar-refractivity contribution in [2.24, 2.45) is 0 Å². The molecule has 2 heterocycles. The van der Waals surface area contributed by atoms with Crippen LogP contribution in [0.1, 0.15) is 24.8 Å². The Labute approximate surface area is 145 Å². The van der Waals surface area contributed by atoms with Crippen molar-refractivity contribution in [2.45, 2.75) is 37.5 Å². The third-order valence-corrected chi connectivity index (χ3v) is 5.49. The molecular formula is C18H22F3N3O. The summed E-state index contributed by atoms with van der Waals surface area (Å²) in [4.78, 5) is 18.7. The van der Waals surface area contributed by atoms with Crippen LogP contribution >= 0.6 is 0 Å². The molecule has 3 aliphatic rings. The third-order valence-electron chi connectivity index (χ3n) is 5.49. The number of amides is 1. The van der Waals surface area contributed by atoms with Gasteiger partial charge in [0.1, 0.15) is 0 Å². The van der Waals surface area contributed by atoms with Gasteiger partial charge in [-0.25, -0.2) is 0 Å². The fourth-order valence-electron chi connectivity index (χ4n) is 3.94. The van der Waals surface area contributed by atoms with Crippen molar-refractivity contribution < 1.29 is 18.0 Å². The van der Waals surface area contributed by atoms with E-state index in [-0.39, 0.29) is 11.9 Å². The Balaban J connectivity index is 1.38. The number of carbonyl (C=O) groups is 1. The highest BCUT2D eigenvalue weighted by Gasteiger charge is 2.43. The molecule has 4 rings (SSSR count). The topological polar surface area (TPSA) is 26.8 Å². The van der Waals surface area contributed by atoms with Gasteiger partial charge in [0, 0.05) is 44.5 Å². The van der Waals surface area contributed by atoms with Crippen LogP contribution in [0.5, 0.6) is 0 Å². The number of likely N-dealkylation sites (tertiary alicyclic amines) is 1. The normalized spacial score (nSPS) is 25.7. The van der Waals surface area contributed by atoms with Crippen molar-refractivity contribution in [2.75, 3.05) is 37.6 Å². The maximum Gasteiger partial charge on any atom is 0.416 e. The molecule has 3 fully saturated rings. The van der Waals surface area contributed by atoms with Gasteiger partial charge in [-0.15, -0.1) is 0 Å². The number of piperazine rings is 1. The molecule has 136 valence electrons. The zero-order valence-electron chi connectivity index (χ0n) is 14.0. The Morgan fingerprint density at radius 3 is 2.32 bits per heavy atom. The second kappa shape index (κ2) is 6.20. The number of hydrogen-bond acceptors (Lipinski definition) is 3. The molecule has 1 aromatic rings. The van der Waals surface area contributed by atoms with Crippen LogP contribution in [0.15, 0.2) is 24.3 Å². The third kappa shape index (κ3) is 3.34. The van der Waals surface area contributed by atoms with Crippen LogP contribution in [0, 0.1) is 0 Å². The van der Waals surface area contributed by atoms with Gasteiger partial charge in [-0.3, -0.25) is 9.69 Å². The Morgan fingerprint density at radius 2 is 1.68 bits per heavy atom. The average molecular weight is 353 g/mol. The smallest absolute Gasteiger partial charge is 0.369 e. The highest BCUT2D eigenvalue weighted by atomic mass is 19.4. The summed E-state index contributed by atoms with van der Waals surface area (Å²) in [7, 11) is 0. The van der Waals surface area contributed by atoms with Gasteiger partial charge in [0.15, 0.2) is 0 Å². The molecule has 1 amide bonds. The van der Waals surface area contributed by atoms with E-state index in [9.17, 15) is 18.0 Å². The summed E-state index contributed by atoms with van der Waals surface area (Å²) in [5.74, 6) is 0.245. The fraction of sp³-hybridized carbons (Fsp3) is 0.611. The van der Waals surface area contributed by atoms with Crippen molar-refractivity contribution in [3.63, 3.8) is 0 Å². The Hall–Kier alpha value is -1.76. The predicted molar refractivity (Wildman–Crippen MR) is 88.4 cm³/mol. The molecule has 0 spiro atoms. The maximum atomic E-state index is 12.9. The zero-order valence-corrected chi connectivity index (χ0v) is 14.0. The van der Waals surface area contributed by atoms with Crippen molar-refractivity contribution in [3.05, 3.63) is 29.8 Å². The summed E-state index contributed by atoms with van der Waals surface area (Å²) in [5.41, 5.74) is -0.00898. The van der Waals surface area contributed by atoms with Gasteiger partial charge < -0.3 is 9.80 Å². The molecule has 1 saturated carbocycles. The van der Waals surface area contributed by atoms with Gasteiger partial charge in [-0.1, -0.05) is 6.07 Å². The van der Waals surface area contributed by atoms with E-state index in [0.717, 1.165) is 31.9 Å². The summed E-state index contributed by atoms with van der Waals surface area (Å²) < 4.78 is 38.6. The summed E-state index contributed by atoms with van der Waals surface area (Å²) in [6, 6.07) is 5.92. The fourth-order valence-corrected chi connectivity index (χ4v) is 3.94. The van der Waals surface area contributed by atoms with Crippen molar-refractivity contribution in [1.29, 1.82) is 0 Å². The molecule has 1 aliphatic carbocycles. The molecule has 1 aromatic carbocycles. The molecule has 2 saturated heterocycles. The second-order valence-corrected chi connectivity index (χ2v) is 7.14. The van der Waals surface area contributed by atoms with Gasteiger partial charge in [0.2, 0.25) is 5.91 Å².